The summed E-state index contributed by atoms with van der Waals surface area (Å²) in [6, 6.07) is 7.50. The van der Waals surface area contributed by atoms with Crippen LogP contribution in [0.5, 0.6) is 11.5 Å². The molecule has 2 rings (SSSR count). The van der Waals surface area contributed by atoms with Crippen LogP contribution in [0.2, 0.25) is 0 Å². The van der Waals surface area contributed by atoms with Crippen LogP contribution in [0, 0.1) is 0 Å². The first-order valence-corrected chi connectivity index (χ1v) is 7.15. The predicted molar refractivity (Wildman–Crippen MR) is 78.7 cm³/mol. The lowest BCUT2D eigenvalue weighted by Crippen LogP contribution is -2.05. The molecule has 1 aromatic heterocycles. The highest BCUT2D eigenvalue weighted by Crippen LogP contribution is 2.33. The Morgan fingerprint density at radius 3 is 2.72 bits per heavy atom. The average Bonchev–Trinajstić information content (AvgIpc) is 2.76. The zero-order chi connectivity index (χ0) is 13.1. The molecule has 0 aliphatic carbocycles. The molecule has 5 heteroatoms. The third kappa shape index (κ3) is 2.79. The average molecular weight is 328 g/mol. The van der Waals surface area contributed by atoms with Gasteiger partial charge in [-0.2, -0.15) is 0 Å². The maximum atomic E-state index is 9.72. The molecule has 0 spiro atoms. The summed E-state index contributed by atoms with van der Waals surface area (Å²) in [6.45, 7) is 2.08. The van der Waals surface area contributed by atoms with Crippen LogP contribution in [0.4, 0.5) is 5.69 Å². The molecule has 18 heavy (non-hydrogen) atoms. The highest BCUT2D eigenvalue weighted by Gasteiger charge is 2.11. The maximum absolute atomic E-state index is 9.72. The van der Waals surface area contributed by atoms with Crippen LogP contribution in [-0.4, -0.2) is 12.2 Å². The van der Waals surface area contributed by atoms with E-state index in [-0.39, 0.29) is 11.8 Å². The van der Waals surface area contributed by atoms with Gasteiger partial charge in [0.2, 0.25) is 0 Å². The molecule has 1 unspecified atom stereocenters. The molecule has 0 saturated carbocycles. The van der Waals surface area contributed by atoms with E-state index in [1.54, 1.807) is 23.5 Å². The van der Waals surface area contributed by atoms with E-state index in [9.17, 15) is 5.11 Å². The van der Waals surface area contributed by atoms with Gasteiger partial charge in [-0.05, 0) is 46.4 Å². The van der Waals surface area contributed by atoms with Crippen LogP contribution >= 0.6 is 27.3 Å². The lowest BCUT2D eigenvalue weighted by molar-refractivity contribution is 0.373. The van der Waals surface area contributed by atoms with Crippen LogP contribution < -0.4 is 10.1 Å². The minimum atomic E-state index is 0.139. The minimum absolute atomic E-state index is 0.139. The van der Waals surface area contributed by atoms with Crippen molar-refractivity contribution < 1.29 is 9.84 Å². The second-order valence-corrected chi connectivity index (χ2v) is 5.69. The Morgan fingerprint density at radius 1 is 1.39 bits per heavy atom. The molecule has 96 valence electrons. The number of rotatable bonds is 4. The Hall–Kier alpha value is -1.20. The van der Waals surface area contributed by atoms with Crippen molar-refractivity contribution in [3.63, 3.8) is 0 Å². The highest BCUT2D eigenvalue weighted by atomic mass is 79.9. The molecule has 3 nitrogen and oxygen atoms in total. The largest absolute Gasteiger partial charge is 0.504 e. The van der Waals surface area contributed by atoms with Gasteiger partial charge in [-0.1, -0.05) is 0 Å². The highest BCUT2D eigenvalue weighted by molar-refractivity contribution is 9.10. The molecular weight excluding hydrogens is 314 g/mol. The fourth-order valence-electron chi connectivity index (χ4n) is 1.71. The molecule has 0 fully saturated rings. The van der Waals surface area contributed by atoms with E-state index in [0.29, 0.717) is 5.75 Å². The lowest BCUT2D eigenvalue weighted by Gasteiger charge is -2.15. The van der Waals surface area contributed by atoms with Gasteiger partial charge in [0, 0.05) is 21.1 Å². The number of aromatic hydroxyl groups is 1. The summed E-state index contributed by atoms with van der Waals surface area (Å²) in [4.78, 5) is 1.23. The number of anilines is 1. The summed E-state index contributed by atoms with van der Waals surface area (Å²) >= 11 is 5.21. The molecule has 0 aliphatic heterocycles. The van der Waals surface area contributed by atoms with Crippen LogP contribution in [0.25, 0.3) is 0 Å². The Balaban J connectivity index is 2.15. The number of ether oxygens (including phenoxy) is 1. The number of thiophene rings is 1. The van der Waals surface area contributed by atoms with Gasteiger partial charge in [-0.25, -0.2) is 0 Å². The summed E-state index contributed by atoms with van der Waals surface area (Å²) in [7, 11) is 1.54. The second kappa shape index (κ2) is 5.63. The topological polar surface area (TPSA) is 41.5 Å². The molecule has 0 amide bonds. The number of phenolic OH excluding ortho intramolecular Hbond substituents is 1. The first kappa shape index (κ1) is 13.2. The Labute approximate surface area is 119 Å². The Bertz CT molecular complexity index is 542. The Morgan fingerprint density at radius 2 is 2.17 bits per heavy atom. The molecule has 2 N–H and O–H groups in total. The fourth-order valence-corrected chi connectivity index (χ4v) is 3.43. The molecule has 0 aliphatic rings. The predicted octanol–water partition coefficient (Wildman–Crippen LogP) is 4.40. The van der Waals surface area contributed by atoms with Crippen molar-refractivity contribution in [2.24, 2.45) is 0 Å². The zero-order valence-electron chi connectivity index (χ0n) is 10.1. The Kier molecular flexibility index (Phi) is 4.14. The van der Waals surface area contributed by atoms with Crippen molar-refractivity contribution >= 4 is 33.0 Å². The molecule has 0 bridgehead atoms. The first-order valence-electron chi connectivity index (χ1n) is 5.48. The van der Waals surface area contributed by atoms with Gasteiger partial charge in [-0.15, -0.1) is 11.3 Å². The van der Waals surface area contributed by atoms with E-state index in [4.69, 9.17) is 4.74 Å². The number of halogens is 1. The third-order valence-electron chi connectivity index (χ3n) is 2.60. The zero-order valence-corrected chi connectivity index (χ0v) is 12.5. The molecule has 0 saturated heterocycles. The summed E-state index contributed by atoms with van der Waals surface area (Å²) in [6.07, 6.45) is 0. The summed E-state index contributed by atoms with van der Waals surface area (Å²) in [5, 5.41) is 15.1. The first-order chi connectivity index (χ1) is 8.61. The van der Waals surface area contributed by atoms with Gasteiger partial charge in [0.05, 0.1) is 13.2 Å². The van der Waals surface area contributed by atoms with Gasteiger partial charge in [-0.3, -0.25) is 0 Å². The standard InChI is InChI=1S/C13H14BrNO2S/c1-8(13-10(14)5-6-18-13)15-9-3-4-12(17-2)11(16)7-9/h3-8,15-16H,1-2H3. The van der Waals surface area contributed by atoms with Crippen molar-refractivity contribution in [1.82, 2.24) is 0 Å². The van der Waals surface area contributed by atoms with E-state index in [2.05, 4.69) is 28.2 Å². The molecule has 2 aromatic rings. The second-order valence-electron chi connectivity index (χ2n) is 3.89. The number of hydrogen-bond acceptors (Lipinski definition) is 4. The maximum Gasteiger partial charge on any atom is 0.160 e. The van der Waals surface area contributed by atoms with E-state index < -0.39 is 0 Å². The fraction of sp³-hybridized carbons (Fsp3) is 0.231. The van der Waals surface area contributed by atoms with Crippen molar-refractivity contribution in [2.45, 2.75) is 13.0 Å². The van der Waals surface area contributed by atoms with E-state index in [1.165, 1.54) is 12.0 Å². The summed E-state index contributed by atoms with van der Waals surface area (Å²) < 4.78 is 6.12. The number of methoxy groups -OCH3 is 1. The smallest absolute Gasteiger partial charge is 0.160 e. The van der Waals surface area contributed by atoms with Crippen molar-refractivity contribution in [1.29, 1.82) is 0 Å². The van der Waals surface area contributed by atoms with Gasteiger partial charge in [0.1, 0.15) is 0 Å². The van der Waals surface area contributed by atoms with Crippen molar-refractivity contribution in [2.75, 3.05) is 12.4 Å². The SMILES string of the molecule is COc1ccc(NC(C)c2sccc2Br)cc1O. The molecule has 1 atom stereocenters. The molecule has 1 heterocycles. The number of hydrogen-bond donors (Lipinski definition) is 2. The van der Waals surface area contributed by atoms with Gasteiger partial charge >= 0.3 is 0 Å². The summed E-state index contributed by atoms with van der Waals surface area (Å²) in [5.74, 6) is 0.616. The van der Waals surface area contributed by atoms with Crippen LogP contribution in [0.1, 0.15) is 17.8 Å². The van der Waals surface area contributed by atoms with Crippen LogP contribution in [0.15, 0.2) is 34.1 Å². The minimum Gasteiger partial charge on any atom is -0.504 e. The van der Waals surface area contributed by atoms with Gasteiger partial charge < -0.3 is 15.2 Å². The molecule has 0 radical (unpaired) electrons. The monoisotopic (exact) mass is 327 g/mol. The van der Waals surface area contributed by atoms with Crippen molar-refractivity contribution in [3.8, 4) is 11.5 Å². The normalized spacial score (nSPS) is 12.2. The number of nitrogens with one attached hydrogen (secondary N) is 1. The van der Waals surface area contributed by atoms with E-state index >= 15 is 0 Å². The number of benzene rings is 1. The number of phenols is 1. The molecule has 1 aromatic carbocycles. The van der Waals surface area contributed by atoms with Gasteiger partial charge in [0.25, 0.3) is 0 Å². The van der Waals surface area contributed by atoms with E-state index in [1.807, 2.05) is 17.5 Å². The van der Waals surface area contributed by atoms with Gasteiger partial charge in [0.15, 0.2) is 11.5 Å². The van der Waals surface area contributed by atoms with Crippen LogP contribution in [-0.2, 0) is 0 Å². The lowest BCUT2D eigenvalue weighted by atomic mass is 10.2. The summed E-state index contributed by atoms with van der Waals surface area (Å²) in [5.41, 5.74) is 0.862. The quantitative estimate of drug-likeness (QED) is 0.874. The third-order valence-corrected chi connectivity index (χ3v) is 4.65. The van der Waals surface area contributed by atoms with Crippen molar-refractivity contribution in [3.05, 3.63) is 39.0 Å². The van der Waals surface area contributed by atoms with Crippen LogP contribution in [0.3, 0.4) is 0 Å². The molecular formula is C13H14BrNO2S. The van der Waals surface area contributed by atoms with E-state index in [0.717, 1.165) is 10.2 Å².